The summed E-state index contributed by atoms with van der Waals surface area (Å²) in [6.45, 7) is 5.26. The first-order chi connectivity index (χ1) is 18.6. The van der Waals surface area contributed by atoms with Crippen LogP contribution >= 0.6 is 0 Å². The zero-order chi connectivity index (χ0) is 26.1. The van der Waals surface area contributed by atoms with Gasteiger partial charge in [0.25, 0.3) is 0 Å². The Balaban J connectivity index is 0.00000308. The molecule has 0 bridgehead atoms. The van der Waals surface area contributed by atoms with Crippen molar-refractivity contribution in [1.29, 1.82) is 0 Å². The maximum Gasteiger partial charge on any atom is 0.322 e. The fourth-order valence-corrected chi connectivity index (χ4v) is 5.06. The number of anilines is 1. The number of pyridine rings is 1. The number of fused-ring (bicyclic) bond motifs is 2. The van der Waals surface area contributed by atoms with Crippen LogP contribution in [0.2, 0.25) is 0 Å². The maximum atomic E-state index is 13.3. The molecule has 190 valence electrons. The second-order valence-electron chi connectivity index (χ2n) is 9.70. The van der Waals surface area contributed by atoms with Gasteiger partial charge in [0, 0.05) is 48.4 Å². The molecule has 3 aromatic carbocycles. The lowest BCUT2D eigenvalue weighted by Crippen LogP contribution is -2.39. The molecule has 1 N–H and O–H groups in total. The first kappa shape index (κ1) is 23.8. The van der Waals surface area contributed by atoms with Gasteiger partial charge in [0.05, 0.1) is 23.4 Å². The molecule has 2 amide bonds. The second kappa shape index (κ2) is 10.1. The highest BCUT2D eigenvalue weighted by Gasteiger charge is 2.27. The average Bonchev–Trinajstić information content (AvgIpc) is 2.96. The van der Waals surface area contributed by atoms with Crippen LogP contribution in [0.1, 0.15) is 30.7 Å². The normalized spacial score (nSPS) is 12.8. The van der Waals surface area contributed by atoms with Gasteiger partial charge in [-0.05, 0) is 60.9 Å². The molecule has 5 aromatic rings. The van der Waals surface area contributed by atoms with Gasteiger partial charge in [-0.25, -0.2) is 14.8 Å². The SMILES string of the molecule is CCc1cccc(NC(=O)N2CCc3nc(-c4ccc5ncccc5c4)nc(-c4ccccc4C)c3C2)c1.[HH]. The van der Waals surface area contributed by atoms with Crippen molar-refractivity contribution in [3.8, 4) is 22.6 Å². The summed E-state index contributed by atoms with van der Waals surface area (Å²) in [6.07, 6.45) is 3.39. The van der Waals surface area contributed by atoms with Gasteiger partial charge in [-0.15, -0.1) is 0 Å². The number of benzene rings is 3. The van der Waals surface area contributed by atoms with Crippen LogP contribution in [0.15, 0.2) is 85.1 Å². The van der Waals surface area contributed by atoms with E-state index in [4.69, 9.17) is 9.97 Å². The Kier molecular flexibility index (Phi) is 6.30. The number of amides is 2. The van der Waals surface area contributed by atoms with Gasteiger partial charge in [-0.1, -0.05) is 49.4 Å². The largest absolute Gasteiger partial charge is 0.322 e. The quantitative estimate of drug-likeness (QED) is 0.286. The summed E-state index contributed by atoms with van der Waals surface area (Å²) in [7, 11) is 0. The van der Waals surface area contributed by atoms with E-state index in [1.807, 2.05) is 53.4 Å². The minimum Gasteiger partial charge on any atom is -0.320 e. The van der Waals surface area contributed by atoms with Crippen LogP contribution in [0.25, 0.3) is 33.5 Å². The van der Waals surface area contributed by atoms with Crippen LogP contribution in [0.4, 0.5) is 10.5 Å². The second-order valence-corrected chi connectivity index (χ2v) is 9.70. The number of nitrogens with one attached hydrogen (secondary N) is 1. The topological polar surface area (TPSA) is 71.0 Å². The Bertz CT molecular complexity index is 1670. The summed E-state index contributed by atoms with van der Waals surface area (Å²) < 4.78 is 0. The minimum absolute atomic E-state index is 0. The lowest BCUT2D eigenvalue weighted by Gasteiger charge is -2.30. The molecule has 0 radical (unpaired) electrons. The molecule has 0 fully saturated rings. The number of aromatic nitrogens is 3. The van der Waals surface area contributed by atoms with Gasteiger partial charge in [0.1, 0.15) is 0 Å². The van der Waals surface area contributed by atoms with Gasteiger partial charge in [0.2, 0.25) is 0 Å². The summed E-state index contributed by atoms with van der Waals surface area (Å²) in [5.41, 5.74) is 9.01. The van der Waals surface area contributed by atoms with E-state index in [0.717, 1.165) is 56.7 Å². The zero-order valence-corrected chi connectivity index (χ0v) is 21.6. The van der Waals surface area contributed by atoms with Crippen LogP contribution < -0.4 is 5.32 Å². The lowest BCUT2D eigenvalue weighted by molar-refractivity contribution is 0.206. The van der Waals surface area contributed by atoms with Crippen molar-refractivity contribution in [1.82, 2.24) is 19.9 Å². The van der Waals surface area contributed by atoms with Gasteiger partial charge in [0.15, 0.2) is 5.82 Å². The van der Waals surface area contributed by atoms with E-state index in [2.05, 4.69) is 54.5 Å². The van der Waals surface area contributed by atoms with E-state index in [1.165, 1.54) is 5.56 Å². The van der Waals surface area contributed by atoms with E-state index < -0.39 is 0 Å². The molecular weight excluding hydrogens is 470 g/mol. The molecule has 0 atom stereocenters. The van der Waals surface area contributed by atoms with Crippen LogP contribution in [-0.4, -0.2) is 32.4 Å². The monoisotopic (exact) mass is 501 g/mol. The van der Waals surface area contributed by atoms with Crippen molar-refractivity contribution in [3.63, 3.8) is 0 Å². The van der Waals surface area contributed by atoms with Gasteiger partial charge >= 0.3 is 6.03 Å². The molecule has 6 rings (SSSR count). The molecule has 6 nitrogen and oxygen atoms in total. The average molecular weight is 502 g/mol. The smallest absolute Gasteiger partial charge is 0.320 e. The molecule has 0 spiro atoms. The van der Waals surface area contributed by atoms with Crippen molar-refractivity contribution in [2.45, 2.75) is 33.2 Å². The van der Waals surface area contributed by atoms with Crippen molar-refractivity contribution < 1.29 is 6.22 Å². The van der Waals surface area contributed by atoms with E-state index in [9.17, 15) is 4.79 Å². The van der Waals surface area contributed by atoms with Crippen LogP contribution in [0.3, 0.4) is 0 Å². The zero-order valence-electron chi connectivity index (χ0n) is 21.6. The number of hydrogen-bond donors (Lipinski definition) is 1. The molecule has 38 heavy (non-hydrogen) atoms. The first-order valence-corrected chi connectivity index (χ1v) is 13.0. The predicted molar refractivity (Wildman–Crippen MR) is 154 cm³/mol. The molecule has 3 heterocycles. The van der Waals surface area contributed by atoms with Crippen LogP contribution in [0, 0.1) is 6.92 Å². The number of aryl methyl sites for hydroxylation is 2. The number of carbonyl (C=O) groups is 1. The Morgan fingerprint density at radius 1 is 1.00 bits per heavy atom. The molecule has 1 aliphatic rings. The van der Waals surface area contributed by atoms with E-state index in [0.29, 0.717) is 25.3 Å². The summed E-state index contributed by atoms with van der Waals surface area (Å²) in [5.74, 6) is 0.696. The van der Waals surface area contributed by atoms with Gasteiger partial charge in [-0.2, -0.15) is 0 Å². The summed E-state index contributed by atoms with van der Waals surface area (Å²) in [5, 5.41) is 4.14. The number of nitrogens with zero attached hydrogens (tertiary/aromatic N) is 4. The molecule has 1 aliphatic heterocycles. The highest BCUT2D eigenvalue weighted by molar-refractivity contribution is 5.90. The third kappa shape index (κ3) is 4.61. The van der Waals surface area contributed by atoms with Crippen molar-refractivity contribution in [3.05, 3.63) is 107 Å². The molecule has 0 saturated carbocycles. The molecule has 0 unspecified atom stereocenters. The maximum absolute atomic E-state index is 13.3. The Morgan fingerprint density at radius 3 is 2.76 bits per heavy atom. The van der Waals surface area contributed by atoms with Crippen LogP contribution in [0.5, 0.6) is 0 Å². The van der Waals surface area contributed by atoms with E-state index in [1.54, 1.807) is 6.20 Å². The number of hydrogen-bond acceptors (Lipinski definition) is 4. The van der Waals surface area contributed by atoms with Crippen LogP contribution in [-0.2, 0) is 19.4 Å². The highest BCUT2D eigenvalue weighted by Crippen LogP contribution is 2.33. The molecule has 0 saturated heterocycles. The molecule has 2 aromatic heterocycles. The minimum atomic E-state index is -0.106. The Labute approximate surface area is 223 Å². The Hall–Kier alpha value is -4.58. The fourth-order valence-electron chi connectivity index (χ4n) is 5.06. The third-order valence-electron chi connectivity index (χ3n) is 7.20. The van der Waals surface area contributed by atoms with Crippen molar-refractivity contribution in [2.75, 3.05) is 11.9 Å². The summed E-state index contributed by atoms with van der Waals surface area (Å²) in [4.78, 5) is 29.7. The number of rotatable bonds is 4. The summed E-state index contributed by atoms with van der Waals surface area (Å²) >= 11 is 0. The first-order valence-electron chi connectivity index (χ1n) is 13.0. The van der Waals surface area contributed by atoms with E-state index >= 15 is 0 Å². The Morgan fingerprint density at radius 2 is 1.89 bits per heavy atom. The van der Waals surface area contributed by atoms with Crippen molar-refractivity contribution in [2.24, 2.45) is 0 Å². The summed E-state index contributed by atoms with van der Waals surface area (Å²) in [6, 6.07) is 26.3. The standard InChI is InChI=1S/C32H29N5O.H2/c1-3-22-9-6-11-25(18-22)34-32(38)37-17-15-29-27(20-37)30(26-12-5-4-8-21(26)2)36-31(35-29)24-13-14-28-23(19-24)10-7-16-33-28;/h4-14,16,18-19H,3,15,17,20H2,1-2H3,(H,34,38);1H. The number of carbonyl (C=O) groups excluding carboxylic acids is 1. The molecule has 0 aliphatic carbocycles. The third-order valence-corrected chi connectivity index (χ3v) is 7.20. The van der Waals surface area contributed by atoms with E-state index in [-0.39, 0.29) is 7.46 Å². The van der Waals surface area contributed by atoms with Crippen molar-refractivity contribution >= 4 is 22.6 Å². The fraction of sp³-hybridized carbons (Fsp3) is 0.188. The number of urea groups is 1. The predicted octanol–water partition coefficient (Wildman–Crippen LogP) is 7.07. The van der Waals surface area contributed by atoms with Gasteiger partial charge < -0.3 is 10.2 Å². The van der Waals surface area contributed by atoms with Gasteiger partial charge in [-0.3, -0.25) is 4.98 Å². The molecule has 6 heteroatoms. The highest BCUT2D eigenvalue weighted by atomic mass is 16.2. The molecular formula is C32H31N5O. The lowest BCUT2D eigenvalue weighted by atomic mass is 9.96.